The van der Waals surface area contributed by atoms with Gasteiger partial charge in [-0.2, -0.15) is 0 Å². The number of furan rings is 1. The highest BCUT2D eigenvalue weighted by Gasteiger charge is 2.16. The highest BCUT2D eigenvalue weighted by molar-refractivity contribution is 5.79. The molecule has 0 radical (unpaired) electrons. The van der Waals surface area contributed by atoms with Crippen molar-refractivity contribution in [3.63, 3.8) is 0 Å². The van der Waals surface area contributed by atoms with Gasteiger partial charge < -0.3 is 9.73 Å². The van der Waals surface area contributed by atoms with E-state index >= 15 is 0 Å². The molecule has 1 N–H and O–H groups in total. The fourth-order valence-corrected chi connectivity index (χ4v) is 2.72. The summed E-state index contributed by atoms with van der Waals surface area (Å²) in [7, 11) is 1.48. The van der Waals surface area contributed by atoms with E-state index in [4.69, 9.17) is 4.42 Å². The molecule has 0 saturated heterocycles. The van der Waals surface area contributed by atoms with Crippen molar-refractivity contribution in [2.24, 2.45) is 7.05 Å². The van der Waals surface area contributed by atoms with Gasteiger partial charge in [-0.05, 0) is 31.2 Å². The second-order valence-electron chi connectivity index (χ2n) is 5.85. The molecule has 130 valence electrons. The van der Waals surface area contributed by atoms with Crippen LogP contribution in [0.25, 0.3) is 11.2 Å². The summed E-state index contributed by atoms with van der Waals surface area (Å²) in [6.07, 6.45) is 3.64. The molecule has 0 aliphatic carbocycles. The van der Waals surface area contributed by atoms with Crippen LogP contribution in [0.5, 0.6) is 0 Å². The molecule has 3 rings (SSSR count). The summed E-state index contributed by atoms with van der Waals surface area (Å²) >= 11 is 0. The minimum Gasteiger partial charge on any atom is -0.469 e. The summed E-state index contributed by atoms with van der Waals surface area (Å²) in [5.74, 6) is 0.396. The topological polar surface area (TPSA) is 99.1 Å². The molecule has 0 aliphatic rings. The van der Waals surface area contributed by atoms with E-state index in [0.717, 1.165) is 10.3 Å². The van der Waals surface area contributed by atoms with Crippen LogP contribution in [-0.2, 0) is 24.8 Å². The van der Waals surface area contributed by atoms with Gasteiger partial charge in [-0.1, -0.05) is 0 Å². The van der Waals surface area contributed by atoms with Gasteiger partial charge in [-0.25, -0.2) is 4.98 Å². The zero-order valence-electron chi connectivity index (χ0n) is 13.9. The number of carbonyl (C=O) groups excluding carboxylic acids is 1. The van der Waals surface area contributed by atoms with Crippen LogP contribution in [0.1, 0.15) is 12.7 Å². The molecule has 0 aromatic carbocycles. The molecular formula is C17H18N4O4. The zero-order chi connectivity index (χ0) is 18.0. The molecule has 0 bridgehead atoms. The monoisotopic (exact) mass is 342 g/mol. The largest absolute Gasteiger partial charge is 0.469 e. The molecule has 8 nitrogen and oxygen atoms in total. The summed E-state index contributed by atoms with van der Waals surface area (Å²) < 4.78 is 7.59. The SMILES string of the molecule is CC(Cc1ccco1)NC(=O)Cn1c(=O)c(=O)n(C)c2ncccc21. The molecule has 1 atom stereocenters. The Balaban J connectivity index is 1.84. The van der Waals surface area contributed by atoms with Crippen LogP contribution in [-0.4, -0.2) is 26.1 Å². The fraction of sp³-hybridized carbons (Fsp3) is 0.294. The molecule has 0 spiro atoms. The van der Waals surface area contributed by atoms with Crippen molar-refractivity contribution in [1.82, 2.24) is 19.4 Å². The lowest BCUT2D eigenvalue weighted by atomic mass is 10.2. The number of rotatable bonds is 5. The minimum absolute atomic E-state index is 0.176. The van der Waals surface area contributed by atoms with Crippen molar-refractivity contribution in [1.29, 1.82) is 0 Å². The van der Waals surface area contributed by atoms with Crippen LogP contribution in [0.2, 0.25) is 0 Å². The van der Waals surface area contributed by atoms with Crippen LogP contribution in [0.4, 0.5) is 0 Å². The number of hydrogen-bond acceptors (Lipinski definition) is 5. The number of aryl methyl sites for hydroxylation is 1. The maximum Gasteiger partial charge on any atom is 0.317 e. The van der Waals surface area contributed by atoms with E-state index in [1.165, 1.54) is 17.8 Å². The highest BCUT2D eigenvalue weighted by atomic mass is 16.3. The van der Waals surface area contributed by atoms with Crippen molar-refractivity contribution < 1.29 is 9.21 Å². The number of fused-ring (bicyclic) bond motifs is 1. The summed E-state index contributed by atoms with van der Waals surface area (Å²) in [6.45, 7) is 1.59. The first kappa shape index (κ1) is 16.7. The molecule has 0 saturated carbocycles. The zero-order valence-corrected chi connectivity index (χ0v) is 13.9. The summed E-state index contributed by atoms with van der Waals surface area (Å²) in [6, 6.07) is 6.74. The lowest BCUT2D eigenvalue weighted by molar-refractivity contribution is -0.122. The Morgan fingerprint density at radius 3 is 2.80 bits per heavy atom. The maximum atomic E-state index is 12.3. The van der Waals surface area contributed by atoms with Crippen molar-refractivity contribution >= 4 is 17.1 Å². The van der Waals surface area contributed by atoms with E-state index in [-0.39, 0.29) is 18.5 Å². The second kappa shape index (κ2) is 6.76. The van der Waals surface area contributed by atoms with Crippen LogP contribution in [0, 0.1) is 0 Å². The number of pyridine rings is 1. The van der Waals surface area contributed by atoms with Gasteiger partial charge in [0.25, 0.3) is 0 Å². The highest BCUT2D eigenvalue weighted by Crippen LogP contribution is 2.07. The van der Waals surface area contributed by atoms with Gasteiger partial charge in [-0.15, -0.1) is 0 Å². The first-order valence-electron chi connectivity index (χ1n) is 7.83. The summed E-state index contributed by atoms with van der Waals surface area (Å²) in [5, 5.41) is 2.80. The average molecular weight is 342 g/mol. The smallest absolute Gasteiger partial charge is 0.317 e. The molecule has 0 fully saturated rings. The van der Waals surface area contributed by atoms with E-state index in [0.29, 0.717) is 17.6 Å². The second-order valence-corrected chi connectivity index (χ2v) is 5.85. The Labute approximate surface area is 142 Å². The third-order valence-corrected chi connectivity index (χ3v) is 3.90. The van der Waals surface area contributed by atoms with Crippen molar-refractivity contribution in [3.8, 4) is 0 Å². The predicted octanol–water partition coefficient (Wildman–Crippen LogP) is 0.436. The normalized spacial score (nSPS) is 12.2. The number of aromatic nitrogens is 3. The van der Waals surface area contributed by atoms with E-state index in [2.05, 4.69) is 10.3 Å². The molecule has 3 aromatic rings. The Kier molecular flexibility index (Phi) is 4.51. The van der Waals surface area contributed by atoms with Gasteiger partial charge >= 0.3 is 11.1 Å². The standard InChI is InChI=1S/C17H18N4O4/c1-11(9-12-5-4-8-25-12)19-14(22)10-21-13-6-3-7-18-15(13)20(2)16(23)17(21)24/h3-8,11H,9-10H2,1-2H3,(H,19,22). The fourth-order valence-electron chi connectivity index (χ4n) is 2.72. The van der Waals surface area contributed by atoms with Gasteiger partial charge in [0, 0.05) is 25.7 Å². The maximum absolute atomic E-state index is 12.3. The van der Waals surface area contributed by atoms with Gasteiger partial charge in [0.05, 0.1) is 11.8 Å². The molecule has 3 aromatic heterocycles. The average Bonchev–Trinajstić information content (AvgIpc) is 3.09. The van der Waals surface area contributed by atoms with Gasteiger partial charge in [0.1, 0.15) is 12.3 Å². The number of nitrogens with zero attached hydrogens (tertiary/aromatic N) is 3. The van der Waals surface area contributed by atoms with Gasteiger partial charge in [0.15, 0.2) is 5.65 Å². The Bertz CT molecular complexity index is 1020. The molecular weight excluding hydrogens is 324 g/mol. The Morgan fingerprint density at radius 2 is 2.08 bits per heavy atom. The quantitative estimate of drug-likeness (QED) is 0.678. The summed E-state index contributed by atoms with van der Waals surface area (Å²) in [5.41, 5.74) is -0.688. The van der Waals surface area contributed by atoms with E-state index in [1.807, 2.05) is 13.0 Å². The third-order valence-electron chi connectivity index (χ3n) is 3.90. The minimum atomic E-state index is -0.753. The molecule has 25 heavy (non-hydrogen) atoms. The van der Waals surface area contributed by atoms with E-state index < -0.39 is 11.1 Å². The van der Waals surface area contributed by atoms with Gasteiger partial charge in [-0.3, -0.25) is 23.5 Å². The van der Waals surface area contributed by atoms with Crippen LogP contribution < -0.4 is 16.4 Å². The first-order valence-corrected chi connectivity index (χ1v) is 7.83. The van der Waals surface area contributed by atoms with Crippen molar-refractivity contribution in [2.45, 2.75) is 25.9 Å². The molecule has 8 heteroatoms. The Hall–Kier alpha value is -3.16. The first-order chi connectivity index (χ1) is 12.0. The van der Waals surface area contributed by atoms with E-state index in [1.54, 1.807) is 24.5 Å². The predicted molar refractivity (Wildman–Crippen MR) is 91.3 cm³/mol. The Morgan fingerprint density at radius 1 is 1.28 bits per heavy atom. The molecule has 1 amide bonds. The van der Waals surface area contributed by atoms with E-state index in [9.17, 15) is 14.4 Å². The lowest BCUT2D eigenvalue weighted by Gasteiger charge is -2.15. The molecule has 0 aliphatic heterocycles. The molecule has 3 heterocycles. The molecule has 1 unspecified atom stereocenters. The summed E-state index contributed by atoms with van der Waals surface area (Å²) in [4.78, 5) is 40.8. The van der Waals surface area contributed by atoms with Crippen LogP contribution >= 0.6 is 0 Å². The van der Waals surface area contributed by atoms with Crippen molar-refractivity contribution in [3.05, 3.63) is 63.2 Å². The number of carbonyl (C=O) groups is 1. The number of amides is 1. The number of hydrogen-bond donors (Lipinski definition) is 1. The van der Waals surface area contributed by atoms with Crippen LogP contribution in [0.3, 0.4) is 0 Å². The lowest BCUT2D eigenvalue weighted by Crippen LogP contribution is -2.44. The van der Waals surface area contributed by atoms with Crippen molar-refractivity contribution in [2.75, 3.05) is 0 Å². The third kappa shape index (κ3) is 3.37. The number of nitrogens with one attached hydrogen (secondary N) is 1. The van der Waals surface area contributed by atoms with Gasteiger partial charge in [0.2, 0.25) is 5.91 Å². The van der Waals surface area contributed by atoms with Crippen LogP contribution in [0.15, 0.2) is 50.7 Å².